The molecule has 0 saturated heterocycles. The second-order valence-corrected chi connectivity index (χ2v) is 2.51. The van der Waals surface area contributed by atoms with Crippen molar-refractivity contribution >= 4 is 11.2 Å². The third kappa shape index (κ3) is 0.981. The summed E-state index contributed by atoms with van der Waals surface area (Å²) in [6, 6.07) is 3.83. The van der Waals surface area contributed by atoms with E-state index in [1.54, 1.807) is 0 Å². The predicted octanol–water partition coefficient (Wildman–Crippen LogP) is 1.84. The number of pyridine rings is 1. The molecule has 0 aliphatic rings. The van der Waals surface area contributed by atoms with Crippen molar-refractivity contribution in [3.63, 3.8) is 0 Å². The lowest BCUT2D eigenvalue weighted by molar-refractivity contribution is 0.550. The van der Waals surface area contributed by atoms with Gasteiger partial charge in [-0.15, -0.1) is 0 Å². The van der Waals surface area contributed by atoms with Gasteiger partial charge in [-0.3, -0.25) is 0 Å². The highest BCUT2D eigenvalue weighted by Gasteiger charge is 2.01. The zero-order valence-electron chi connectivity index (χ0n) is 6.46. The van der Waals surface area contributed by atoms with Gasteiger partial charge in [0.05, 0.1) is 0 Å². The first-order valence-corrected chi connectivity index (χ1v) is 3.46. The smallest absolute Gasteiger partial charge is 0.247 e. The van der Waals surface area contributed by atoms with E-state index in [0.29, 0.717) is 11.6 Å². The normalized spacial score (nSPS) is 10.7. The number of oxazole rings is 1. The first kappa shape index (κ1) is 6.34. The van der Waals surface area contributed by atoms with Gasteiger partial charge in [0.15, 0.2) is 5.89 Å². The van der Waals surface area contributed by atoms with Crippen LogP contribution in [0.3, 0.4) is 0 Å². The third-order valence-electron chi connectivity index (χ3n) is 1.50. The molecule has 0 radical (unpaired) electrons. The highest BCUT2D eigenvalue weighted by molar-refractivity contribution is 5.67. The van der Waals surface area contributed by atoms with E-state index >= 15 is 0 Å². The largest absolute Gasteiger partial charge is 0.423 e. The van der Waals surface area contributed by atoms with Gasteiger partial charge in [0.1, 0.15) is 5.52 Å². The van der Waals surface area contributed by atoms with Crippen LogP contribution in [0.1, 0.15) is 11.6 Å². The third-order valence-corrected chi connectivity index (χ3v) is 1.50. The van der Waals surface area contributed by atoms with Crippen LogP contribution >= 0.6 is 0 Å². The molecule has 0 fully saturated rings. The van der Waals surface area contributed by atoms with Gasteiger partial charge >= 0.3 is 0 Å². The molecule has 0 unspecified atom stereocenters. The van der Waals surface area contributed by atoms with Crippen molar-refractivity contribution in [1.29, 1.82) is 0 Å². The molecule has 0 spiro atoms. The molecular formula is C8H8N2O. The number of fused-ring (bicyclic) bond motifs is 1. The lowest BCUT2D eigenvalue weighted by Crippen LogP contribution is -1.78. The summed E-state index contributed by atoms with van der Waals surface area (Å²) in [5, 5.41) is 0. The van der Waals surface area contributed by atoms with Crippen LogP contribution in [0.25, 0.3) is 11.2 Å². The Kier molecular flexibility index (Phi) is 1.18. The van der Waals surface area contributed by atoms with E-state index in [0.717, 1.165) is 11.2 Å². The average molecular weight is 148 g/mol. The maximum Gasteiger partial charge on any atom is 0.247 e. The number of hydrogen-bond acceptors (Lipinski definition) is 3. The Labute approximate surface area is 64.1 Å². The van der Waals surface area contributed by atoms with Crippen LogP contribution in [0, 0.1) is 13.8 Å². The van der Waals surface area contributed by atoms with Gasteiger partial charge in [-0.2, -0.15) is 0 Å². The molecule has 0 aromatic carbocycles. The minimum absolute atomic E-state index is 0.627. The molecule has 3 nitrogen and oxygen atoms in total. The summed E-state index contributed by atoms with van der Waals surface area (Å²) in [5.41, 5.74) is 2.41. The van der Waals surface area contributed by atoms with Gasteiger partial charge in [0, 0.05) is 12.6 Å². The summed E-state index contributed by atoms with van der Waals surface area (Å²) >= 11 is 0. The van der Waals surface area contributed by atoms with E-state index < -0.39 is 0 Å². The van der Waals surface area contributed by atoms with E-state index in [1.807, 2.05) is 26.0 Å². The quantitative estimate of drug-likeness (QED) is 0.572. The van der Waals surface area contributed by atoms with Crippen molar-refractivity contribution in [3.8, 4) is 0 Å². The number of nitrogens with zero attached hydrogens (tertiary/aromatic N) is 2. The molecule has 0 atom stereocenters. The minimum Gasteiger partial charge on any atom is -0.423 e. The summed E-state index contributed by atoms with van der Waals surface area (Å²) in [4.78, 5) is 8.29. The molecule has 0 amide bonds. The van der Waals surface area contributed by atoms with Crippen LogP contribution in [0.4, 0.5) is 0 Å². The summed E-state index contributed by atoms with van der Waals surface area (Å²) in [6.45, 7) is 3.74. The predicted molar refractivity (Wildman–Crippen MR) is 41.3 cm³/mol. The Morgan fingerprint density at radius 2 is 2.00 bits per heavy atom. The van der Waals surface area contributed by atoms with Crippen LogP contribution in [0.2, 0.25) is 0 Å². The average Bonchev–Trinajstić information content (AvgIpc) is 2.27. The van der Waals surface area contributed by atoms with E-state index in [4.69, 9.17) is 4.42 Å². The zero-order valence-corrected chi connectivity index (χ0v) is 6.46. The number of aryl methyl sites for hydroxylation is 2. The maximum absolute atomic E-state index is 5.23. The van der Waals surface area contributed by atoms with Gasteiger partial charge in [0.2, 0.25) is 5.71 Å². The van der Waals surface area contributed by atoms with Crippen LogP contribution in [0.5, 0.6) is 0 Å². The summed E-state index contributed by atoms with van der Waals surface area (Å²) in [7, 11) is 0. The first-order valence-electron chi connectivity index (χ1n) is 3.46. The van der Waals surface area contributed by atoms with Crippen molar-refractivity contribution in [2.24, 2.45) is 0 Å². The monoisotopic (exact) mass is 148 g/mol. The Bertz CT molecular complexity index is 392. The number of rotatable bonds is 0. The van der Waals surface area contributed by atoms with Gasteiger partial charge in [-0.25, -0.2) is 9.97 Å². The molecule has 3 heteroatoms. The Morgan fingerprint density at radius 3 is 2.82 bits per heavy atom. The van der Waals surface area contributed by atoms with Crippen molar-refractivity contribution in [2.75, 3.05) is 0 Å². The second-order valence-electron chi connectivity index (χ2n) is 2.51. The van der Waals surface area contributed by atoms with Crippen molar-refractivity contribution in [1.82, 2.24) is 9.97 Å². The standard InChI is InChI=1S/C8H8N2O/c1-5-3-4-7-8(9-5)11-6(2)10-7/h3-4H,1-2H3. The lowest BCUT2D eigenvalue weighted by atomic mass is 10.4. The molecule has 2 aromatic rings. The molecule has 0 aliphatic heterocycles. The highest BCUT2D eigenvalue weighted by Crippen LogP contribution is 2.12. The molecule has 0 bridgehead atoms. The van der Waals surface area contributed by atoms with Crippen LogP contribution in [0.15, 0.2) is 16.5 Å². The van der Waals surface area contributed by atoms with Gasteiger partial charge in [-0.05, 0) is 19.1 Å². The molecule has 2 aromatic heterocycles. The topological polar surface area (TPSA) is 38.9 Å². The number of aromatic nitrogens is 2. The van der Waals surface area contributed by atoms with E-state index in [1.165, 1.54) is 0 Å². The summed E-state index contributed by atoms with van der Waals surface area (Å²) < 4.78 is 5.23. The fourth-order valence-corrected chi connectivity index (χ4v) is 1.02. The Morgan fingerprint density at radius 1 is 1.18 bits per heavy atom. The maximum atomic E-state index is 5.23. The van der Waals surface area contributed by atoms with Crippen molar-refractivity contribution in [3.05, 3.63) is 23.7 Å². The van der Waals surface area contributed by atoms with E-state index in [2.05, 4.69) is 9.97 Å². The molecule has 2 heterocycles. The Balaban J connectivity index is 2.82. The van der Waals surface area contributed by atoms with Gasteiger partial charge in [-0.1, -0.05) is 0 Å². The van der Waals surface area contributed by atoms with Crippen LogP contribution in [-0.2, 0) is 0 Å². The number of hydrogen-bond donors (Lipinski definition) is 0. The fraction of sp³-hybridized carbons (Fsp3) is 0.250. The minimum atomic E-state index is 0.627. The van der Waals surface area contributed by atoms with E-state index in [9.17, 15) is 0 Å². The molecule has 2 rings (SSSR count). The van der Waals surface area contributed by atoms with E-state index in [-0.39, 0.29) is 0 Å². The first-order chi connectivity index (χ1) is 5.25. The van der Waals surface area contributed by atoms with Gasteiger partial charge in [0.25, 0.3) is 0 Å². The zero-order chi connectivity index (χ0) is 7.84. The summed E-state index contributed by atoms with van der Waals surface area (Å²) in [5.74, 6) is 0.665. The molecule has 11 heavy (non-hydrogen) atoms. The van der Waals surface area contributed by atoms with Crippen LogP contribution < -0.4 is 0 Å². The van der Waals surface area contributed by atoms with Crippen molar-refractivity contribution in [2.45, 2.75) is 13.8 Å². The molecule has 0 N–H and O–H groups in total. The molecule has 0 aliphatic carbocycles. The SMILES string of the molecule is Cc1ccc2nc(C)oc2n1. The Hall–Kier alpha value is -1.38. The molecular weight excluding hydrogens is 140 g/mol. The molecule has 56 valence electrons. The summed E-state index contributed by atoms with van der Waals surface area (Å²) in [6.07, 6.45) is 0. The molecule has 0 saturated carbocycles. The lowest BCUT2D eigenvalue weighted by Gasteiger charge is -1.86. The van der Waals surface area contributed by atoms with Crippen LogP contribution in [-0.4, -0.2) is 9.97 Å². The second kappa shape index (κ2) is 2.05. The van der Waals surface area contributed by atoms with Crippen molar-refractivity contribution < 1.29 is 4.42 Å². The fourth-order valence-electron chi connectivity index (χ4n) is 1.02. The van der Waals surface area contributed by atoms with Gasteiger partial charge < -0.3 is 4.42 Å². The highest BCUT2D eigenvalue weighted by atomic mass is 16.4.